The predicted molar refractivity (Wildman–Crippen MR) is 224 cm³/mol. The molecule has 1 N–H and O–H groups in total. The Bertz CT molecular complexity index is 2840. The monoisotopic (exact) mass is 901 g/mol. The van der Waals surface area contributed by atoms with Crippen LogP contribution in [0.5, 0.6) is 5.75 Å². The van der Waals surface area contributed by atoms with E-state index in [-0.39, 0.29) is 32.2 Å². The molecule has 1 aliphatic carbocycles. The van der Waals surface area contributed by atoms with E-state index < -0.39 is 0 Å². The molecule has 5 heteroatoms. The van der Waals surface area contributed by atoms with Crippen LogP contribution in [0.3, 0.4) is 0 Å². The largest absolute Gasteiger partial charge is 0.507 e. The van der Waals surface area contributed by atoms with Gasteiger partial charge in [0, 0.05) is 43.9 Å². The molecule has 0 spiro atoms. The van der Waals surface area contributed by atoms with Crippen molar-refractivity contribution in [1.29, 1.82) is 0 Å². The van der Waals surface area contributed by atoms with E-state index in [4.69, 9.17) is 9.97 Å². The summed E-state index contributed by atoms with van der Waals surface area (Å²) >= 11 is 0. The first-order valence-electron chi connectivity index (χ1n) is 18.6. The third-order valence-electron chi connectivity index (χ3n) is 11.1. The Morgan fingerprint density at radius 1 is 0.536 bits per heavy atom. The van der Waals surface area contributed by atoms with Crippen molar-refractivity contribution in [1.82, 2.24) is 14.5 Å². The fourth-order valence-electron chi connectivity index (χ4n) is 8.36. The SMILES string of the molecule is CC1(C)c2ccccc2-c2cc(-c3nc4c(-c5[c-]c(-c6ccccn6)cc(-c6ccccc6)c5)cccc4n3-c3ccccc3-c3ccccc3)c(O)cc21.[Pt]. The van der Waals surface area contributed by atoms with Crippen LogP contribution in [0.1, 0.15) is 25.0 Å². The van der Waals surface area contributed by atoms with Crippen LogP contribution in [0.15, 0.2) is 176 Å². The molecular formula is C51H36N3OPt-. The molecule has 0 amide bonds. The van der Waals surface area contributed by atoms with Crippen LogP contribution in [0, 0.1) is 6.07 Å². The van der Waals surface area contributed by atoms with Crippen molar-refractivity contribution in [3.05, 3.63) is 193 Å². The third-order valence-corrected chi connectivity index (χ3v) is 11.1. The second-order valence-corrected chi connectivity index (χ2v) is 14.7. The number of hydrogen-bond donors (Lipinski definition) is 1. The van der Waals surface area contributed by atoms with Crippen molar-refractivity contribution in [3.8, 4) is 78.6 Å². The summed E-state index contributed by atoms with van der Waals surface area (Å²) in [6.07, 6.45) is 1.82. The molecule has 0 unspecified atom stereocenters. The van der Waals surface area contributed by atoms with Gasteiger partial charge in [-0.05, 0) is 63.7 Å². The number of aromatic hydroxyl groups is 1. The van der Waals surface area contributed by atoms with Crippen LogP contribution in [0.4, 0.5) is 0 Å². The standard InChI is InChI=1S/C51H36N3O.Pt/c1-51(2)43-23-11-9-21-40(43)41-31-42(48(55)32-44(41)51)50-53-49-39(22-15-26-47(49)54(50)46-25-12-10-20-38(46)34-18-7-4-8-19-34)36-28-35(33-16-5-3-6-17-33)29-37(30-36)45-24-13-14-27-52-45;/h3-29,31-32,55H,1-2H3;/q-1;. The van der Waals surface area contributed by atoms with E-state index >= 15 is 0 Å². The Labute approximate surface area is 341 Å². The van der Waals surface area contributed by atoms with E-state index in [0.717, 1.165) is 72.5 Å². The topological polar surface area (TPSA) is 50.9 Å². The number of nitrogens with zero attached hydrogens (tertiary/aromatic N) is 3. The van der Waals surface area contributed by atoms with E-state index in [9.17, 15) is 5.11 Å². The molecule has 2 aromatic heterocycles. The molecule has 0 bridgehead atoms. The molecular weight excluding hydrogens is 866 g/mol. The summed E-state index contributed by atoms with van der Waals surface area (Å²) in [5.41, 5.74) is 15.7. The fraction of sp³-hybridized carbons (Fsp3) is 0.0588. The Morgan fingerprint density at radius 3 is 1.96 bits per heavy atom. The van der Waals surface area contributed by atoms with Crippen molar-refractivity contribution in [2.75, 3.05) is 0 Å². The first kappa shape index (κ1) is 35.4. The van der Waals surface area contributed by atoms with E-state index in [1.54, 1.807) is 0 Å². The van der Waals surface area contributed by atoms with Gasteiger partial charge in [0.25, 0.3) is 0 Å². The van der Waals surface area contributed by atoms with Gasteiger partial charge in [0.05, 0.1) is 22.3 Å². The Kier molecular flexibility index (Phi) is 8.87. The van der Waals surface area contributed by atoms with Crippen LogP contribution in [-0.4, -0.2) is 19.6 Å². The third kappa shape index (κ3) is 5.80. The summed E-state index contributed by atoms with van der Waals surface area (Å²) in [5, 5.41) is 12.1. The quantitative estimate of drug-likeness (QED) is 0.169. The predicted octanol–water partition coefficient (Wildman–Crippen LogP) is 12.6. The van der Waals surface area contributed by atoms with E-state index in [1.165, 1.54) is 11.1 Å². The van der Waals surface area contributed by atoms with Crippen LogP contribution < -0.4 is 0 Å². The summed E-state index contributed by atoms with van der Waals surface area (Å²) < 4.78 is 2.22. The van der Waals surface area contributed by atoms with Crippen molar-refractivity contribution >= 4 is 11.0 Å². The number of pyridine rings is 1. The number of aromatic nitrogens is 3. The summed E-state index contributed by atoms with van der Waals surface area (Å²) in [6.45, 7) is 4.46. The van der Waals surface area contributed by atoms with E-state index in [2.05, 4.69) is 158 Å². The first-order chi connectivity index (χ1) is 27.0. The summed E-state index contributed by atoms with van der Waals surface area (Å²) in [5.74, 6) is 0.863. The molecule has 0 aliphatic heterocycles. The number of hydrogen-bond acceptors (Lipinski definition) is 3. The van der Waals surface area contributed by atoms with Gasteiger partial charge in [0.1, 0.15) is 11.6 Å². The average Bonchev–Trinajstić information content (AvgIpc) is 3.73. The molecule has 0 saturated carbocycles. The molecule has 7 aromatic carbocycles. The maximum Gasteiger partial charge on any atom is 0.148 e. The zero-order chi connectivity index (χ0) is 37.1. The minimum absolute atomic E-state index is 0. The Morgan fingerprint density at radius 2 is 1.20 bits per heavy atom. The maximum absolute atomic E-state index is 12.1. The first-order valence-corrected chi connectivity index (χ1v) is 18.6. The molecule has 1 aliphatic rings. The number of para-hydroxylation sites is 2. The van der Waals surface area contributed by atoms with Crippen molar-refractivity contribution < 1.29 is 26.2 Å². The second kappa shape index (κ2) is 14.1. The van der Waals surface area contributed by atoms with Gasteiger partial charge in [-0.2, -0.15) is 0 Å². The van der Waals surface area contributed by atoms with Crippen LogP contribution in [-0.2, 0) is 26.5 Å². The van der Waals surface area contributed by atoms with Gasteiger partial charge in [-0.3, -0.25) is 9.55 Å². The van der Waals surface area contributed by atoms with Crippen LogP contribution in [0.2, 0.25) is 0 Å². The van der Waals surface area contributed by atoms with Crippen molar-refractivity contribution in [2.45, 2.75) is 19.3 Å². The Balaban J connectivity index is 0.00000410. The summed E-state index contributed by atoms with van der Waals surface area (Å²) in [7, 11) is 0. The normalized spacial score (nSPS) is 12.5. The molecule has 56 heavy (non-hydrogen) atoms. The number of rotatable bonds is 6. The average molecular weight is 902 g/mol. The van der Waals surface area contributed by atoms with Gasteiger partial charge in [-0.15, -0.1) is 23.8 Å². The molecule has 10 rings (SSSR count). The number of fused-ring (bicyclic) bond motifs is 4. The number of phenolic OH excluding ortho intramolecular Hbond substituents is 1. The van der Waals surface area contributed by atoms with Gasteiger partial charge in [-0.1, -0.05) is 158 Å². The minimum atomic E-state index is -0.250. The van der Waals surface area contributed by atoms with Crippen LogP contribution >= 0.6 is 0 Å². The van der Waals surface area contributed by atoms with Crippen molar-refractivity contribution in [2.24, 2.45) is 0 Å². The second-order valence-electron chi connectivity index (χ2n) is 14.7. The zero-order valence-corrected chi connectivity index (χ0v) is 33.1. The number of benzene rings is 7. The van der Waals surface area contributed by atoms with Crippen molar-refractivity contribution in [3.63, 3.8) is 0 Å². The molecule has 0 fully saturated rings. The number of imidazole rings is 1. The van der Waals surface area contributed by atoms with Gasteiger partial charge in [0.2, 0.25) is 0 Å². The smallest absolute Gasteiger partial charge is 0.148 e. The Hall–Kier alpha value is -6.35. The molecule has 272 valence electrons. The van der Waals surface area contributed by atoms with Crippen LogP contribution in [0.25, 0.3) is 83.9 Å². The summed E-state index contributed by atoms with van der Waals surface area (Å²) in [6, 6.07) is 62.4. The van der Waals surface area contributed by atoms with Gasteiger partial charge >= 0.3 is 0 Å². The minimum Gasteiger partial charge on any atom is -0.507 e. The maximum atomic E-state index is 12.1. The fourth-order valence-corrected chi connectivity index (χ4v) is 8.36. The molecule has 9 aromatic rings. The molecule has 4 nitrogen and oxygen atoms in total. The zero-order valence-electron chi connectivity index (χ0n) is 30.8. The molecule has 0 radical (unpaired) electrons. The molecule has 0 atom stereocenters. The van der Waals surface area contributed by atoms with E-state index in [1.807, 2.05) is 42.6 Å². The van der Waals surface area contributed by atoms with Gasteiger partial charge in [0.15, 0.2) is 0 Å². The van der Waals surface area contributed by atoms with Gasteiger partial charge < -0.3 is 5.11 Å². The number of phenols is 1. The summed E-state index contributed by atoms with van der Waals surface area (Å²) in [4.78, 5) is 10.2. The molecule has 2 heterocycles. The van der Waals surface area contributed by atoms with Gasteiger partial charge in [-0.25, -0.2) is 4.98 Å². The molecule has 0 saturated heterocycles. The van der Waals surface area contributed by atoms with E-state index in [0.29, 0.717) is 11.4 Å².